The van der Waals surface area contributed by atoms with Crippen molar-refractivity contribution in [3.63, 3.8) is 0 Å². The van der Waals surface area contributed by atoms with Crippen LogP contribution in [0.15, 0.2) is 24.3 Å². The number of rotatable bonds is 4. The average molecular weight is 352 g/mol. The van der Waals surface area contributed by atoms with E-state index >= 15 is 0 Å². The summed E-state index contributed by atoms with van der Waals surface area (Å²) in [6.45, 7) is 3.32. The minimum absolute atomic E-state index is 0.133. The first-order valence-corrected chi connectivity index (χ1v) is 8.22. The predicted molar refractivity (Wildman–Crippen MR) is 94.0 cm³/mol. The molecule has 0 amide bonds. The van der Waals surface area contributed by atoms with E-state index in [0.717, 1.165) is 0 Å². The molecule has 0 heterocycles. The van der Waals surface area contributed by atoms with Gasteiger partial charge in [-0.2, -0.15) is 0 Å². The second kappa shape index (κ2) is 6.92. The number of hydrogen-bond acceptors (Lipinski definition) is 6. The highest BCUT2D eigenvalue weighted by atomic mass is 16.6. The number of benzene rings is 2. The second-order valence-corrected chi connectivity index (χ2v) is 5.80. The summed E-state index contributed by atoms with van der Waals surface area (Å²) < 4.78 is 10.6. The molecule has 0 saturated carbocycles. The Labute approximate surface area is 148 Å². The molecule has 1 aliphatic rings. The predicted octanol–water partition coefficient (Wildman–Crippen LogP) is 1.18. The lowest BCUT2D eigenvalue weighted by molar-refractivity contribution is -0.136. The lowest BCUT2D eigenvalue weighted by Crippen LogP contribution is -2.33. The van der Waals surface area contributed by atoms with Crippen molar-refractivity contribution in [3.05, 3.63) is 34.7 Å². The molecule has 26 heavy (non-hydrogen) atoms. The molecule has 0 saturated heterocycles. The first kappa shape index (κ1) is 17.5. The SMILES string of the molecule is CCC(=O)Oc1cc2cc3c(cc2cc1OC(=O)CC)=CC(=O)C(=O)C=3. The standard InChI is InChI=1S/C20H16O6/c1-3-19(23)25-17-9-13-5-11-7-15(21)16(22)8-12(11)6-14(13)10-18(17)26-20(24)4-2/h5-10H,3-4H2,1-2H3. The maximum absolute atomic E-state index is 11.7. The summed E-state index contributed by atoms with van der Waals surface area (Å²) in [5.41, 5.74) is 0. The number of ketones is 2. The van der Waals surface area contributed by atoms with Crippen LogP contribution in [0.2, 0.25) is 0 Å². The molecule has 132 valence electrons. The summed E-state index contributed by atoms with van der Waals surface area (Å²) in [6, 6.07) is 6.60. The summed E-state index contributed by atoms with van der Waals surface area (Å²) in [4.78, 5) is 46.5. The van der Waals surface area contributed by atoms with Gasteiger partial charge in [-0.15, -0.1) is 0 Å². The van der Waals surface area contributed by atoms with Crippen molar-refractivity contribution in [3.8, 4) is 11.5 Å². The number of ether oxygens (including phenoxy) is 2. The van der Waals surface area contributed by atoms with Crippen molar-refractivity contribution >= 4 is 46.4 Å². The molecule has 0 atom stereocenters. The molecule has 3 rings (SSSR count). The van der Waals surface area contributed by atoms with Crippen molar-refractivity contribution in [2.75, 3.05) is 0 Å². The first-order chi connectivity index (χ1) is 12.4. The molecule has 0 aliphatic heterocycles. The third-order valence-corrected chi connectivity index (χ3v) is 3.95. The van der Waals surface area contributed by atoms with Gasteiger partial charge in [-0.25, -0.2) is 0 Å². The molecule has 0 N–H and O–H groups in total. The van der Waals surface area contributed by atoms with Crippen LogP contribution in [0, 0.1) is 0 Å². The minimum atomic E-state index is -0.581. The van der Waals surface area contributed by atoms with Crippen molar-refractivity contribution in [1.82, 2.24) is 0 Å². The Bertz CT molecular complexity index is 991. The Morgan fingerprint density at radius 3 is 1.46 bits per heavy atom. The number of carbonyl (C=O) groups excluding carboxylic acids is 4. The molecule has 6 heteroatoms. The van der Waals surface area contributed by atoms with Gasteiger partial charge in [0.05, 0.1) is 0 Å². The van der Waals surface area contributed by atoms with Crippen LogP contribution in [0.4, 0.5) is 0 Å². The van der Waals surface area contributed by atoms with E-state index in [1.54, 1.807) is 38.1 Å². The van der Waals surface area contributed by atoms with Crippen LogP contribution in [0.25, 0.3) is 22.9 Å². The van der Waals surface area contributed by atoms with Crippen LogP contribution in [0.1, 0.15) is 26.7 Å². The number of carbonyl (C=O) groups is 4. The van der Waals surface area contributed by atoms with Crippen LogP contribution >= 0.6 is 0 Å². The van der Waals surface area contributed by atoms with E-state index in [-0.39, 0.29) is 24.3 Å². The summed E-state index contributed by atoms with van der Waals surface area (Å²) in [5.74, 6) is -1.82. The molecule has 1 aliphatic carbocycles. The van der Waals surface area contributed by atoms with E-state index < -0.39 is 23.5 Å². The zero-order valence-corrected chi connectivity index (χ0v) is 14.3. The highest BCUT2D eigenvalue weighted by Gasteiger charge is 2.16. The molecular weight excluding hydrogens is 336 g/mol. The Balaban J connectivity index is 2.21. The van der Waals surface area contributed by atoms with E-state index in [0.29, 0.717) is 21.2 Å². The van der Waals surface area contributed by atoms with E-state index in [4.69, 9.17) is 9.47 Å². The first-order valence-electron chi connectivity index (χ1n) is 8.22. The Kier molecular flexibility index (Phi) is 4.67. The minimum Gasteiger partial charge on any atom is -0.422 e. The maximum Gasteiger partial charge on any atom is 0.311 e. The Morgan fingerprint density at radius 2 is 1.12 bits per heavy atom. The van der Waals surface area contributed by atoms with E-state index in [9.17, 15) is 19.2 Å². The van der Waals surface area contributed by atoms with Crippen molar-refractivity contribution in [2.45, 2.75) is 26.7 Å². The van der Waals surface area contributed by atoms with Crippen LogP contribution in [-0.2, 0) is 19.2 Å². The summed E-state index contributed by atoms with van der Waals surface area (Å²) in [5, 5.41) is 2.58. The third kappa shape index (κ3) is 3.39. The molecule has 0 fully saturated rings. The highest BCUT2D eigenvalue weighted by molar-refractivity contribution is 6.57. The van der Waals surface area contributed by atoms with E-state index in [2.05, 4.69) is 0 Å². The van der Waals surface area contributed by atoms with Crippen molar-refractivity contribution < 1.29 is 28.7 Å². The summed E-state index contributed by atoms with van der Waals surface area (Å²) >= 11 is 0. The van der Waals surface area contributed by atoms with Gasteiger partial charge < -0.3 is 9.47 Å². The molecular formula is C20H16O6. The van der Waals surface area contributed by atoms with Crippen LogP contribution in [-0.4, -0.2) is 23.5 Å². The van der Waals surface area contributed by atoms with Gasteiger partial charge in [0.25, 0.3) is 0 Å². The van der Waals surface area contributed by atoms with Gasteiger partial charge in [0.1, 0.15) is 0 Å². The number of esters is 2. The lowest BCUT2D eigenvalue weighted by Gasteiger charge is -2.12. The van der Waals surface area contributed by atoms with Gasteiger partial charge in [-0.3, -0.25) is 19.2 Å². The van der Waals surface area contributed by atoms with Gasteiger partial charge in [0.2, 0.25) is 11.6 Å². The van der Waals surface area contributed by atoms with Crippen LogP contribution in [0.5, 0.6) is 11.5 Å². The quantitative estimate of drug-likeness (QED) is 0.467. The smallest absolute Gasteiger partial charge is 0.311 e. The molecule has 0 spiro atoms. The molecule has 2 aromatic carbocycles. The fraction of sp³-hybridized carbons (Fsp3) is 0.200. The monoisotopic (exact) mass is 352 g/mol. The van der Waals surface area contributed by atoms with Gasteiger partial charge in [0.15, 0.2) is 11.5 Å². The molecule has 6 nitrogen and oxygen atoms in total. The molecule has 0 radical (unpaired) electrons. The summed E-state index contributed by atoms with van der Waals surface area (Å²) in [7, 11) is 0. The summed E-state index contributed by atoms with van der Waals surface area (Å²) in [6.07, 6.45) is 2.89. The van der Waals surface area contributed by atoms with E-state index in [1.165, 1.54) is 12.2 Å². The Hall–Kier alpha value is -3.28. The fourth-order valence-corrected chi connectivity index (χ4v) is 2.57. The Morgan fingerprint density at radius 1 is 0.731 bits per heavy atom. The largest absolute Gasteiger partial charge is 0.422 e. The van der Waals surface area contributed by atoms with Gasteiger partial charge in [-0.05, 0) is 57.6 Å². The number of Topliss-reactive ketones (excluding diaryl/α,β-unsaturated/α-hetero) is 2. The fourth-order valence-electron chi connectivity index (χ4n) is 2.57. The third-order valence-electron chi connectivity index (χ3n) is 3.95. The zero-order chi connectivity index (χ0) is 18.8. The number of hydrogen-bond donors (Lipinski definition) is 0. The molecule has 2 aromatic rings. The van der Waals surface area contributed by atoms with Gasteiger partial charge in [0, 0.05) is 12.8 Å². The van der Waals surface area contributed by atoms with Gasteiger partial charge >= 0.3 is 11.9 Å². The van der Waals surface area contributed by atoms with E-state index in [1.807, 2.05) is 0 Å². The molecule has 0 aromatic heterocycles. The second-order valence-electron chi connectivity index (χ2n) is 5.80. The topological polar surface area (TPSA) is 86.7 Å². The lowest BCUT2D eigenvalue weighted by atomic mass is 10.0. The molecule has 0 unspecified atom stereocenters. The zero-order valence-electron chi connectivity index (χ0n) is 14.3. The average Bonchev–Trinajstić information content (AvgIpc) is 2.61. The van der Waals surface area contributed by atoms with Crippen molar-refractivity contribution in [1.29, 1.82) is 0 Å². The maximum atomic E-state index is 11.7. The molecule has 0 bridgehead atoms. The van der Waals surface area contributed by atoms with Gasteiger partial charge in [-0.1, -0.05) is 13.8 Å². The van der Waals surface area contributed by atoms with Crippen LogP contribution < -0.4 is 19.9 Å². The normalized spacial score (nSPS) is 12.8. The van der Waals surface area contributed by atoms with Crippen molar-refractivity contribution in [2.24, 2.45) is 0 Å². The number of fused-ring (bicyclic) bond motifs is 2. The van der Waals surface area contributed by atoms with Crippen LogP contribution in [0.3, 0.4) is 0 Å². The highest BCUT2D eigenvalue weighted by Crippen LogP contribution is 2.32.